The molecule has 1 heterocycles. The second kappa shape index (κ2) is 9.36. The van der Waals surface area contributed by atoms with Crippen LogP contribution in [0.5, 0.6) is 5.75 Å². The highest BCUT2D eigenvalue weighted by molar-refractivity contribution is 5.83. The van der Waals surface area contributed by atoms with Gasteiger partial charge in [0.2, 0.25) is 5.91 Å². The Hall–Kier alpha value is -2.37. The molecule has 0 aromatic heterocycles. The molecule has 0 atom stereocenters. The molecule has 1 aliphatic heterocycles. The van der Waals surface area contributed by atoms with Gasteiger partial charge in [0, 0.05) is 39.0 Å². The van der Waals surface area contributed by atoms with Crippen LogP contribution in [0.1, 0.15) is 37.3 Å². The quantitative estimate of drug-likeness (QED) is 0.779. The van der Waals surface area contributed by atoms with E-state index in [9.17, 15) is 14.4 Å². The molecule has 26 heavy (non-hydrogen) atoms. The molecule has 1 aromatic carbocycles. The lowest BCUT2D eigenvalue weighted by molar-refractivity contribution is -0.135. The first-order valence-corrected chi connectivity index (χ1v) is 9.12. The van der Waals surface area contributed by atoms with E-state index in [4.69, 9.17) is 4.74 Å². The SMILES string of the molecule is CC(=O)CCC(=O)N1CCCN(C(=O)COc2cccc(C)c2C)CC1. The number of carbonyl (C=O) groups is 3. The average molecular weight is 360 g/mol. The zero-order valence-corrected chi connectivity index (χ0v) is 15.9. The number of Topliss-reactive ketones (excluding diaryl/α,β-unsaturated/α-hetero) is 1. The van der Waals surface area contributed by atoms with Crippen molar-refractivity contribution in [1.29, 1.82) is 0 Å². The third kappa shape index (κ3) is 5.58. The van der Waals surface area contributed by atoms with Gasteiger partial charge in [-0.3, -0.25) is 9.59 Å². The Morgan fingerprint density at radius 3 is 2.27 bits per heavy atom. The predicted molar refractivity (Wildman–Crippen MR) is 99.1 cm³/mol. The molecule has 1 fully saturated rings. The van der Waals surface area contributed by atoms with E-state index in [1.54, 1.807) is 9.80 Å². The number of nitrogens with zero attached hydrogens (tertiary/aromatic N) is 2. The molecule has 6 heteroatoms. The summed E-state index contributed by atoms with van der Waals surface area (Å²) in [4.78, 5) is 39.2. The van der Waals surface area contributed by atoms with Gasteiger partial charge in [-0.15, -0.1) is 0 Å². The third-order valence-corrected chi connectivity index (χ3v) is 4.80. The summed E-state index contributed by atoms with van der Waals surface area (Å²) < 4.78 is 5.70. The van der Waals surface area contributed by atoms with Crippen molar-refractivity contribution in [3.05, 3.63) is 29.3 Å². The maximum atomic E-state index is 12.5. The molecule has 0 saturated carbocycles. The molecule has 1 aromatic rings. The smallest absolute Gasteiger partial charge is 0.260 e. The molecule has 0 N–H and O–H groups in total. The molecular weight excluding hydrogens is 332 g/mol. The first-order chi connectivity index (χ1) is 12.4. The van der Waals surface area contributed by atoms with Gasteiger partial charge in [0.25, 0.3) is 5.91 Å². The van der Waals surface area contributed by atoms with E-state index in [1.165, 1.54) is 6.92 Å². The molecule has 2 rings (SSSR count). The van der Waals surface area contributed by atoms with Crippen LogP contribution in [0.2, 0.25) is 0 Å². The highest BCUT2D eigenvalue weighted by Crippen LogP contribution is 2.20. The minimum atomic E-state index is -0.0658. The summed E-state index contributed by atoms with van der Waals surface area (Å²) in [5, 5.41) is 0. The maximum Gasteiger partial charge on any atom is 0.260 e. The van der Waals surface area contributed by atoms with Gasteiger partial charge in [-0.1, -0.05) is 12.1 Å². The van der Waals surface area contributed by atoms with Gasteiger partial charge >= 0.3 is 0 Å². The van der Waals surface area contributed by atoms with Crippen molar-refractivity contribution in [3.63, 3.8) is 0 Å². The topological polar surface area (TPSA) is 66.9 Å². The van der Waals surface area contributed by atoms with Crippen molar-refractivity contribution in [2.75, 3.05) is 32.8 Å². The lowest BCUT2D eigenvalue weighted by Gasteiger charge is -2.22. The lowest BCUT2D eigenvalue weighted by atomic mass is 10.1. The van der Waals surface area contributed by atoms with Crippen LogP contribution in [0, 0.1) is 13.8 Å². The van der Waals surface area contributed by atoms with Gasteiger partial charge in [-0.25, -0.2) is 0 Å². The Morgan fingerprint density at radius 1 is 0.962 bits per heavy atom. The summed E-state index contributed by atoms with van der Waals surface area (Å²) in [7, 11) is 0. The number of ketones is 1. The second-order valence-corrected chi connectivity index (χ2v) is 6.80. The zero-order chi connectivity index (χ0) is 19.1. The fourth-order valence-electron chi connectivity index (χ4n) is 2.97. The summed E-state index contributed by atoms with van der Waals surface area (Å²) in [6, 6.07) is 5.79. The van der Waals surface area contributed by atoms with E-state index in [0.717, 1.165) is 23.3 Å². The van der Waals surface area contributed by atoms with Crippen molar-refractivity contribution >= 4 is 17.6 Å². The predicted octanol–water partition coefficient (Wildman–Crippen LogP) is 2.11. The Bertz CT molecular complexity index is 672. The molecule has 1 saturated heterocycles. The second-order valence-electron chi connectivity index (χ2n) is 6.80. The van der Waals surface area contributed by atoms with Gasteiger partial charge in [0.05, 0.1) is 0 Å². The van der Waals surface area contributed by atoms with Gasteiger partial charge < -0.3 is 19.3 Å². The van der Waals surface area contributed by atoms with Crippen LogP contribution in [0.15, 0.2) is 18.2 Å². The maximum absolute atomic E-state index is 12.5. The molecule has 142 valence electrons. The molecular formula is C20H28N2O4. The number of ether oxygens (including phenoxy) is 1. The van der Waals surface area contributed by atoms with Crippen LogP contribution in [0.3, 0.4) is 0 Å². The minimum Gasteiger partial charge on any atom is -0.483 e. The molecule has 0 spiro atoms. The minimum absolute atomic E-state index is 0.00256. The Balaban J connectivity index is 1.84. The number of hydrogen-bond acceptors (Lipinski definition) is 4. The summed E-state index contributed by atoms with van der Waals surface area (Å²) in [6.45, 7) is 7.73. The molecule has 0 bridgehead atoms. The van der Waals surface area contributed by atoms with Crippen molar-refractivity contribution < 1.29 is 19.1 Å². The molecule has 1 aliphatic rings. The summed E-state index contributed by atoms with van der Waals surface area (Å²) in [5.41, 5.74) is 2.17. The fraction of sp³-hybridized carbons (Fsp3) is 0.550. The highest BCUT2D eigenvalue weighted by atomic mass is 16.5. The van der Waals surface area contributed by atoms with E-state index in [0.29, 0.717) is 26.2 Å². The summed E-state index contributed by atoms with van der Waals surface area (Å²) in [5.74, 6) is 0.674. The number of benzene rings is 1. The van der Waals surface area contributed by atoms with Crippen LogP contribution in [-0.2, 0) is 14.4 Å². The van der Waals surface area contributed by atoms with Crippen LogP contribution < -0.4 is 4.74 Å². The van der Waals surface area contributed by atoms with Crippen LogP contribution in [-0.4, -0.2) is 60.2 Å². The van der Waals surface area contributed by atoms with Crippen molar-refractivity contribution in [2.45, 2.75) is 40.0 Å². The number of amides is 2. The fourth-order valence-corrected chi connectivity index (χ4v) is 2.97. The average Bonchev–Trinajstić information content (AvgIpc) is 2.87. The summed E-state index contributed by atoms with van der Waals surface area (Å²) in [6.07, 6.45) is 1.27. The lowest BCUT2D eigenvalue weighted by Crippen LogP contribution is -2.39. The van der Waals surface area contributed by atoms with E-state index in [2.05, 4.69) is 0 Å². The largest absolute Gasteiger partial charge is 0.483 e. The Kier molecular flexibility index (Phi) is 7.18. The number of rotatable bonds is 6. The van der Waals surface area contributed by atoms with E-state index < -0.39 is 0 Å². The van der Waals surface area contributed by atoms with E-state index >= 15 is 0 Å². The third-order valence-electron chi connectivity index (χ3n) is 4.80. The van der Waals surface area contributed by atoms with Gasteiger partial charge in [0.15, 0.2) is 6.61 Å². The molecule has 0 aliphatic carbocycles. The molecule has 6 nitrogen and oxygen atoms in total. The van der Waals surface area contributed by atoms with Gasteiger partial charge in [-0.05, 0) is 44.4 Å². The first-order valence-electron chi connectivity index (χ1n) is 9.12. The van der Waals surface area contributed by atoms with Gasteiger partial charge in [0.1, 0.15) is 11.5 Å². The standard InChI is InChI=1S/C20H28N2O4/c1-15-6-4-7-18(17(15)3)26-14-20(25)22-11-5-10-21(12-13-22)19(24)9-8-16(2)23/h4,6-7H,5,8-14H2,1-3H3. The monoisotopic (exact) mass is 360 g/mol. The number of hydrogen-bond donors (Lipinski definition) is 0. The van der Waals surface area contributed by atoms with Crippen molar-refractivity contribution in [1.82, 2.24) is 9.80 Å². The molecule has 2 amide bonds. The number of aryl methyl sites for hydroxylation is 1. The van der Waals surface area contributed by atoms with Crippen molar-refractivity contribution in [3.8, 4) is 5.75 Å². The number of carbonyl (C=O) groups excluding carboxylic acids is 3. The van der Waals surface area contributed by atoms with E-state index in [1.807, 2.05) is 32.0 Å². The van der Waals surface area contributed by atoms with Gasteiger partial charge in [-0.2, -0.15) is 0 Å². The molecule has 0 unspecified atom stereocenters. The van der Waals surface area contributed by atoms with Crippen molar-refractivity contribution in [2.24, 2.45) is 0 Å². The highest BCUT2D eigenvalue weighted by Gasteiger charge is 2.22. The normalized spacial score (nSPS) is 14.7. The van der Waals surface area contributed by atoms with Crippen LogP contribution >= 0.6 is 0 Å². The zero-order valence-electron chi connectivity index (χ0n) is 15.9. The first kappa shape index (κ1) is 19.9. The van der Waals surface area contributed by atoms with E-state index in [-0.39, 0.29) is 37.0 Å². The van der Waals surface area contributed by atoms with Crippen LogP contribution in [0.25, 0.3) is 0 Å². The Labute approximate surface area is 155 Å². The molecule has 0 radical (unpaired) electrons. The Morgan fingerprint density at radius 2 is 1.62 bits per heavy atom. The summed E-state index contributed by atoms with van der Waals surface area (Å²) >= 11 is 0. The van der Waals surface area contributed by atoms with Crippen LogP contribution in [0.4, 0.5) is 0 Å².